The molecule has 0 spiro atoms. The zero-order valence-corrected chi connectivity index (χ0v) is 13.1. The van der Waals surface area contributed by atoms with Gasteiger partial charge in [0.15, 0.2) is 0 Å². The van der Waals surface area contributed by atoms with Gasteiger partial charge < -0.3 is 14.9 Å². The molecule has 1 aliphatic heterocycles. The average molecular weight is 282 g/mol. The quantitative estimate of drug-likeness (QED) is 0.835. The summed E-state index contributed by atoms with van der Waals surface area (Å²) < 4.78 is 0. The molecule has 20 heavy (non-hydrogen) atoms. The summed E-state index contributed by atoms with van der Waals surface area (Å²) >= 11 is 0. The van der Waals surface area contributed by atoms with Gasteiger partial charge in [0.1, 0.15) is 0 Å². The summed E-state index contributed by atoms with van der Waals surface area (Å²) in [6.45, 7) is 2.64. The molecule has 1 saturated carbocycles. The van der Waals surface area contributed by atoms with Crippen molar-refractivity contribution in [2.45, 2.75) is 44.9 Å². The first kappa shape index (κ1) is 15.8. The van der Waals surface area contributed by atoms with Gasteiger partial charge in [0.2, 0.25) is 5.91 Å². The molecule has 0 radical (unpaired) electrons. The first-order chi connectivity index (χ1) is 9.54. The van der Waals surface area contributed by atoms with Gasteiger partial charge >= 0.3 is 0 Å². The highest BCUT2D eigenvalue weighted by Crippen LogP contribution is 2.32. The SMILES string of the molecule is CN(C)C[C@@]1(CO)CCCN(C(=O)CC2CCCC2)C1. The molecule has 0 aromatic carbocycles. The lowest BCUT2D eigenvalue weighted by Gasteiger charge is -2.43. The van der Waals surface area contributed by atoms with Crippen LogP contribution in [-0.4, -0.2) is 61.2 Å². The van der Waals surface area contributed by atoms with Crippen molar-refractivity contribution in [1.29, 1.82) is 0 Å². The van der Waals surface area contributed by atoms with Crippen molar-refractivity contribution in [3.05, 3.63) is 0 Å². The summed E-state index contributed by atoms with van der Waals surface area (Å²) in [7, 11) is 4.08. The molecule has 4 nitrogen and oxygen atoms in total. The molecule has 0 unspecified atom stereocenters. The number of piperidine rings is 1. The number of hydrogen-bond donors (Lipinski definition) is 1. The minimum atomic E-state index is -0.118. The highest BCUT2D eigenvalue weighted by Gasteiger charge is 2.37. The molecule has 1 N–H and O–H groups in total. The topological polar surface area (TPSA) is 43.8 Å². The number of rotatable bonds is 5. The Morgan fingerprint density at radius 2 is 2.00 bits per heavy atom. The van der Waals surface area contributed by atoms with E-state index in [4.69, 9.17) is 0 Å². The highest BCUT2D eigenvalue weighted by molar-refractivity contribution is 5.76. The minimum Gasteiger partial charge on any atom is -0.396 e. The Morgan fingerprint density at radius 1 is 1.30 bits per heavy atom. The van der Waals surface area contributed by atoms with Gasteiger partial charge in [-0.2, -0.15) is 0 Å². The largest absolute Gasteiger partial charge is 0.396 e. The zero-order chi connectivity index (χ0) is 14.6. The molecule has 1 saturated heterocycles. The fraction of sp³-hybridized carbons (Fsp3) is 0.938. The second kappa shape index (κ2) is 6.90. The molecule has 0 bridgehead atoms. The summed E-state index contributed by atoms with van der Waals surface area (Å²) in [5.41, 5.74) is -0.118. The van der Waals surface area contributed by atoms with Crippen molar-refractivity contribution in [2.24, 2.45) is 11.3 Å². The Balaban J connectivity index is 1.92. The molecule has 116 valence electrons. The van der Waals surface area contributed by atoms with Crippen molar-refractivity contribution in [3.63, 3.8) is 0 Å². The second-order valence-electron chi connectivity index (χ2n) is 7.17. The van der Waals surface area contributed by atoms with Gasteiger partial charge in [0, 0.05) is 31.5 Å². The van der Waals surface area contributed by atoms with E-state index in [1.807, 2.05) is 19.0 Å². The lowest BCUT2D eigenvalue weighted by atomic mass is 9.80. The molecule has 2 aliphatic rings. The van der Waals surface area contributed by atoms with Crippen LogP contribution in [0.2, 0.25) is 0 Å². The number of hydrogen-bond acceptors (Lipinski definition) is 3. The van der Waals surface area contributed by atoms with Crippen LogP contribution in [-0.2, 0) is 4.79 Å². The van der Waals surface area contributed by atoms with Crippen molar-refractivity contribution in [1.82, 2.24) is 9.80 Å². The Kier molecular flexibility index (Phi) is 5.44. The fourth-order valence-corrected chi connectivity index (χ4v) is 3.99. The maximum atomic E-state index is 12.5. The van der Waals surface area contributed by atoms with Crippen LogP contribution in [0.15, 0.2) is 0 Å². The number of aliphatic hydroxyl groups is 1. The highest BCUT2D eigenvalue weighted by atomic mass is 16.3. The monoisotopic (exact) mass is 282 g/mol. The summed E-state index contributed by atoms with van der Waals surface area (Å²) in [5.74, 6) is 0.926. The number of nitrogens with zero attached hydrogens (tertiary/aromatic N) is 2. The lowest BCUT2D eigenvalue weighted by Crippen LogP contribution is -2.52. The van der Waals surface area contributed by atoms with Crippen molar-refractivity contribution >= 4 is 5.91 Å². The van der Waals surface area contributed by atoms with Crippen LogP contribution in [0.1, 0.15) is 44.9 Å². The molecular weight excluding hydrogens is 252 g/mol. The van der Waals surface area contributed by atoms with Gasteiger partial charge in [-0.15, -0.1) is 0 Å². The number of carbonyl (C=O) groups excluding carboxylic acids is 1. The van der Waals surface area contributed by atoms with E-state index in [0.29, 0.717) is 11.8 Å². The molecule has 2 fully saturated rings. The van der Waals surface area contributed by atoms with Crippen molar-refractivity contribution in [2.75, 3.05) is 40.3 Å². The molecule has 1 atom stereocenters. The van der Waals surface area contributed by atoms with Crippen LogP contribution in [0.25, 0.3) is 0 Å². The van der Waals surface area contributed by atoms with E-state index in [-0.39, 0.29) is 12.0 Å². The van der Waals surface area contributed by atoms with Crippen LogP contribution in [0.5, 0.6) is 0 Å². The van der Waals surface area contributed by atoms with E-state index in [1.54, 1.807) is 0 Å². The van der Waals surface area contributed by atoms with E-state index in [0.717, 1.165) is 38.9 Å². The normalized spacial score (nSPS) is 28.3. The summed E-state index contributed by atoms with van der Waals surface area (Å²) in [6, 6.07) is 0. The maximum absolute atomic E-state index is 12.5. The number of amides is 1. The zero-order valence-electron chi connectivity index (χ0n) is 13.1. The molecule has 1 aliphatic carbocycles. The second-order valence-corrected chi connectivity index (χ2v) is 7.17. The van der Waals surface area contributed by atoms with Crippen molar-refractivity contribution < 1.29 is 9.90 Å². The van der Waals surface area contributed by atoms with Gasteiger partial charge in [-0.1, -0.05) is 12.8 Å². The van der Waals surface area contributed by atoms with Gasteiger partial charge in [0.05, 0.1) is 6.61 Å². The summed E-state index contributed by atoms with van der Waals surface area (Å²) in [5, 5.41) is 9.81. The molecule has 4 heteroatoms. The van der Waals surface area contributed by atoms with E-state index in [2.05, 4.69) is 4.90 Å². The van der Waals surface area contributed by atoms with Crippen LogP contribution in [0.3, 0.4) is 0 Å². The number of aliphatic hydroxyl groups excluding tert-OH is 1. The van der Waals surface area contributed by atoms with E-state index >= 15 is 0 Å². The maximum Gasteiger partial charge on any atom is 0.222 e. The Labute approximate surface area is 123 Å². The minimum absolute atomic E-state index is 0.118. The molecule has 1 heterocycles. The molecular formula is C16H30N2O2. The first-order valence-corrected chi connectivity index (χ1v) is 8.08. The van der Waals surface area contributed by atoms with Gasteiger partial charge in [-0.25, -0.2) is 0 Å². The number of likely N-dealkylation sites (tertiary alicyclic amines) is 1. The predicted molar refractivity (Wildman–Crippen MR) is 80.5 cm³/mol. The van der Waals surface area contributed by atoms with Crippen LogP contribution in [0, 0.1) is 11.3 Å². The predicted octanol–water partition coefficient (Wildman–Crippen LogP) is 1.73. The first-order valence-electron chi connectivity index (χ1n) is 8.08. The van der Waals surface area contributed by atoms with Gasteiger partial charge in [-0.05, 0) is 45.7 Å². The van der Waals surface area contributed by atoms with Crippen LogP contribution >= 0.6 is 0 Å². The van der Waals surface area contributed by atoms with E-state index in [9.17, 15) is 9.90 Å². The standard InChI is InChI=1S/C16H30N2O2/c1-17(2)11-16(13-19)8-5-9-18(12-16)15(20)10-14-6-3-4-7-14/h14,19H,3-13H2,1-2H3/t16-/m0/s1. The lowest BCUT2D eigenvalue weighted by molar-refractivity contribution is -0.137. The molecule has 2 rings (SSSR count). The molecule has 0 aromatic rings. The Hall–Kier alpha value is -0.610. The summed E-state index contributed by atoms with van der Waals surface area (Å²) in [4.78, 5) is 16.6. The fourth-order valence-electron chi connectivity index (χ4n) is 3.99. The van der Waals surface area contributed by atoms with Gasteiger partial charge in [-0.3, -0.25) is 4.79 Å². The molecule has 0 aromatic heterocycles. The Morgan fingerprint density at radius 3 is 2.60 bits per heavy atom. The summed E-state index contributed by atoms with van der Waals surface area (Å²) in [6.07, 6.45) is 7.80. The van der Waals surface area contributed by atoms with Crippen LogP contribution < -0.4 is 0 Å². The van der Waals surface area contributed by atoms with E-state index < -0.39 is 0 Å². The third-order valence-corrected chi connectivity index (χ3v) is 4.94. The Bertz CT molecular complexity index is 326. The average Bonchev–Trinajstić information content (AvgIpc) is 2.91. The molecule has 1 amide bonds. The number of carbonyl (C=O) groups is 1. The van der Waals surface area contributed by atoms with Crippen molar-refractivity contribution in [3.8, 4) is 0 Å². The third-order valence-electron chi connectivity index (χ3n) is 4.94. The third kappa shape index (κ3) is 3.95. The van der Waals surface area contributed by atoms with Crippen LogP contribution in [0.4, 0.5) is 0 Å². The van der Waals surface area contributed by atoms with Gasteiger partial charge in [0.25, 0.3) is 0 Å². The smallest absolute Gasteiger partial charge is 0.222 e. The van der Waals surface area contributed by atoms with E-state index in [1.165, 1.54) is 25.7 Å².